The molecular formula is C26H32ClN5O3. The van der Waals surface area contributed by atoms with E-state index >= 15 is 0 Å². The van der Waals surface area contributed by atoms with E-state index in [2.05, 4.69) is 27.4 Å². The van der Waals surface area contributed by atoms with Gasteiger partial charge in [-0.3, -0.25) is 19.3 Å². The lowest BCUT2D eigenvalue weighted by Gasteiger charge is -2.39. The fraction of sp³-hybridized carbons (Fsp3) is 0.423. The molecule has 8 nitrogen and oxygen atoms in total. The molecule has 9 heteroatoms. The normalized spacial score (nSPS) is 18.8. The number of benzene rings is 2. The molecule has 35 heavy (non-hydrogen) atoms. The molecule has 4 rings (SSSR count). The van der Waals surface area contributed by atoms with E-state index in [1.54, 1.807) is 4.90 Å². The fourth-order valence-corrected chi connectivity index (χ4v) is 4.65. The lowest BCUT2D eigenvalue weighted by atomic mass is 10.1. The maximum atomic E-state index is 13.2. The molecule has 2 aliphatic heterocycles. The van der Waals surface area contributed by atoms with Gasteiger partial charge in [0.2, 0.25) is 17.7 Å². The third-order valence-electron chi connectivity index (χ3n) is 6.60. The average Bonchev–Trinajstić information content (AvgIpc) is 2.86. The van der Waals surface area contributed by atoms with Crippen LogP contribution in [-0.4, -0.2) is 79.4 Å². The quantitative estimate of drug-likeness (QED) is 0.613. The summed E-state index contributed by atoms with van der Waals surface area (Å²) in [6.45, 7) is 6.19. The molecular weight excluding hydrogens is 466 g/mol. The van der Waals surface area contributed by atoms with Crippen molar-refractivity contribution in [1.29, 1.82) is 0 Å². The second kappa shape index (κ2) is 11.6. The predicted octanol–water partition coefficient (Wildman–Crippen LogP) is 2.38. The zero-order valence-electron chi connectivity index (χ0n) is 20.0. The first-order chi connectivity index (χ1) is 16.9. The summed E-state index contributed by atoms with van der Waals surface area (Å²) < 4.78 is 0. The summed E-state index contributed by atoms with van der Waals surface area (Å²) in [5.74, 6) is -0.691. The van der Waals surface area contributed by atoms with Gasteiger partial charge in [0.05, 0.1) is 13.0 Å². The highest BCUT2D eigenvalue weighted by atomic mass is 35.5. The highest BCUT2D eigenvalue weighted by molar-refractivity contribution is 6.30. The Balaban J connectivity index is 1.31. The van der Waals surface area contributed by atoms with Crippen molar-refractivity contribution in [3.63, 3.8) is 0 Å². The Hall–Kier alpha value is -3.10. The van der Waals surface area contributed by atoms with Crippen LogP contribution in [0.3, 0.4) is 0 Å². The number of carbonyl (C=O) groups is 3. The van der Waals surface area contributed by atoms with E-state index in [9.17, 15) is 14.4 Å². The van der Waals surface area contributed by atoms with Crippen molar-refractivity contribution in [2.24, 2.45) is 0 Å². The van der Waals surface area contributed by atoms with Gasteiger partial charge in [-0.1, -0.05) is 30.7 Å². The Bertz CT molecular complexity index is 1040. The predicted molar refractivity (Wildman–Crippen MR) is 138 cm³/mol. The molecule has 0 radical (unpaired) electrons. The van der Waals surface area contributed by atoms with Crippen LogP contribution < -0.4 is 15.5 Å². The Morgan fingerprint density at radius 3 is 2.34 bits per heavy atom. The van der Waals surface area contributed by atoms with Crippen LogP contribution >= 0.6 is 11.6 Å². The van der Waals surface area contributed by atoms with Gasteiger partial charge in [0.15, 0.2) is 0 Å². The first kappa shape index (κ1) is 25.0. The molecule has 2 aromatic rings. The van der Waals surface area contributed by atoms with Crippen molar-refractivity contribution < 1.29 is 14.4 Å². The van der Waals surface area contributed by atoms with Gasteiger partial charge in [-0.25, -0.2) is 0 Å². The molecule has 0 spiro atoms. The summed E-state index contributed by atoms with van der Waals surface area (Å²) in [6.07, 6.45) is 0.848. The molecule has 0 aliphatic carbocycles. The van der Waals surface area contributed by atoms with Crippen molar-refractivity contribution >= 4 is 40.7 Å². The summed E-state index contributed by atoms with van der Waals surface area (Å²) in [5, 5.41) is 6.34. The van der Waals surface area contributed by atoms with Crippen LogP contribution in [0.5, 0.6) is 0 Å². The van der Waals surface area contributed by atoms with Crippen LogP contribution in [0, 0.1) is 0 Å². The van der Waals surface area contributed by atoms with Crippen LogP contribution in [0.1, 0.15) is 18.9 Å². The van der Waals surface area contributed by atoms with Crippen molar-refractivity contribution in [3.05, 3.63) is 59.1 Å². The molecule has 0 bridgehead atoms. The molecule has 2 aliphatic rings. The van der Waals surface area contributed by atoms with Crippen molar-refractivity contribution in [1.82, 2.24) is 15.1 Å². The smallest absolute Gasteiger partial charge is 0.243 e. The Morgan fingerprint density at radius 2 is 1.69 bits per heavy atom. The van der Waals surface area contributed by atoms with Crippen LogP contribution in [0.15, 0.2) is 48.5 Å². The number of halogens is 1. The fourth-order valence-electron chi connectivity index (χ4n) is 4.53. The standard InChI is InChI=1S/C26H32ClN5O3/c1-2-19-3-7-21(8-4-19)29-24(33)17-23-26(35)28-11-12-32(23)25(34)18-30-13-15-31(16-14-30)22-9-5-20(27)6-10-22/h3-10,23H,2,11-18H2,1H3,(H,28,35)(H,29,33)/t23-/m1/s1. The van der Waals surface area contributed by atoms with Gasteiger partial charge >= 0.3 is 0 Å². The van der Waals surface area contributed by atoms with Gasteiger partial charge in [-0.2, -0.15) is 0 Å². The number of nitrogens with zero attached hydrogens (tertiary/aromatic N) is 3. The van der Waals surface area contributed by atoms with E-state index in [1.165, 1.54) is 5.56 Å². The monoisotopic (exact) mass is 497 g/mol. The van der Waals surface area contributed by atoms with E-state index in [-0.39, 0.29) is 30.7 Å². The van der Waals surface area contributed by atoms with Gasteiger partial charge in [0.25, 0.3) is 0 Å². The third kappa shape index (κ3) is 6.52. The van der Waals surface area contributed by atoms with Gasteiger partial charge in [-0.15, -0.1) is 0 Å². The SMILES string of the molecule is CCc1ccc(NC(=O)C[C@@H]2C(=O)NCCN2C(=O)CN2CCN(c3ccc(Cl)cc3)CC2)cc1. The molecule has 2 saturated heterocycles. The minimum atomic E-state index is -0.804. The Morgan fingerprint density at radius 1 is 1.00 bits per heavy atom. The molecule has 2 N–H and O–H groups in total. The zero-order chi connectivity index (χ0) is 24.8. The summed E-state index contributed by atoms with van der Waals surface area (Å²) in [5.41, 5.74) is 2.98. The highest BCUT2D eigenvalue weighted by Gasteiger charge is 2.35. The number of nitrogens with one attached hydrogen (secondary N) is 2. The number of anilines is 2. The van der Waals surface area contributed by atoms with Gasteiger partial charge in [0.1, 0.15) is 6.04 Å². The van der Waals surface area contributed by atoms with E-state index in [0.717, 1.165) is 38.3 Å². The number of aryl methyl sites for hydroxylation is 1. The molecule has 3 amide bonds. The minimum absolute atomic E-state index is 0.0720. The van der Waals surface area contributed by atoms with Gasteiger partial charge in [0, 0.05) is 55.7 Å². The highest BCUT2D eigenvalue weighted by Crippen LogP contribution is 2.20. The van der Waals surface area contributed by atoms with E-state index in [4.69, 9.17) is 11.6 Å². The number of carbonyl (C=O) groups excluding carboxylic acids is 3. The van der Waals surface area contributed by atoms with Crippen LogP contribution in [0.4, 0.5) is 11.4 Å². The van der Waals surface area contributed by atoms with Crippen LogP contribution in [-0.2, 0) is 20.8 Å². The molecule has 2 aromatic carbocycles. The topological polar surface area (TPSA) is 85.0 Å². The zero-order valence-corrected chi connectivity index (χ0v) is 20.8. The molecule has 1 atom stereocenters. The van der Waals surface area contributed by atoms with Crippen LogP contribution in [0.2, 0.25) is 5.02 Å². The molecule has 2 heterocycles. The Labute approximate surface area is 211 Å². The minimum Gasteiger partial charge on any atom is -0.369 e. The van der Waals surface area contributed by atoms with Gasteiger partial charge < -0.3 is 20.4 Å². The van der Waals surface area contributed by atoms with E-state index < -0.39 is 6.04 Å². The lowest BCUT2D eigenvalue weighted by molar-refractivity contribution is -0.145. The lowest BCUT2D eigenvalue weighted by Crippen LogP contribution is -2.60. The van der Waals surface area contributed by atoms with E-state index in [0.29, 0.717) is 23.8 Å². The van der Waals surface area contributed by atoms with Crippen molar-refractivity contribution in [2.75, 3.05) is 56.0 Å². The average molecular weight is 498 g/mol. The first-order valence-electron chi connectivity index (χ1n) is 12.1. The molecule has 0 unspecified atom stereocenters. The number of rotatable bonds is 7. The maximum absolute atomic E-state index is 13.2. The number of amides is 3. The largest absolute Gasteiger partial charge is 0.369 e. The summed E-state index contributed by atoms with van der Waals surface area (Å²) in [7, 11) is 0. The van der Waals surface area contributed by atoms with E-state index in [1.807, 2.05) is 48.5 Å². The maximum Gasteiger partial charge on any atom is 0.243 e. The third-order valence-corrected chi connectivity index (χ3v) is 6.85. The molecule has 186 valence electrons. The Kier molecular flexibility index (Phi) is 8.25. The summed E-state index contributed by atoms with van der Waals surface area (Å²) >= 11 is 5.99. The van der Waals surface area contributed by atoms with Gasteiger partial charge in [-0.05, 0) is 48.4 Å². The van der Waals surface area contributed by atoms with Crippen LogP contribution in [0.25, 0.3) is 0 Å². The molecule has 0 saturated carbocycles. The number of piperazine rings is 2. The number of hydrogen-bond donors (Lipinski definition) is 2. The summed E-state index contributed by atoms with van der Waals surface area (Å²) in [6, 6.07) is 14.6. The first-order valence-corrected chi connectivity index (χ1v) is 12.5. The van der Waals surface area contributed by atoms with Crippen molar-refractivity contribution in [2.45, 2.75) is 25.8 Å². The molecule has 0 aromatic heterocycles. The second-order valence-corrected chi connectivity index (χ2v) is 9.37. The molecule has 2 fully saturated rings. The second-order valence-electron chi connectivity index (χ2n) is 8.94. The summed E-state index contributed by atoms with van der Waals surface area (Å²) in [4.78, 5) is 44.4. The van der Waals surface area contributed by atoms with Crippen molar-refractivity contribution in [3.8, 4) is 0 Å². The number of hydrogen-bond acceptors (Lipinski definition) is 5.